The summed E-state index contributed by atoms with van der Waals surface area (Å²) in [5.74, 6) is 0.970. The Morgan fingerprint density at radius 1 is 1.60 bits per heavy atom. The number of hydrogen-bond acceptors (Lipinski definition) is 2. The van der Waals surface area contributed by atoms with E-state index in [1.807, 2.05) is 0 Å². The Morgan fingerprint density at radius 3 is 2.90 bits per heavy atom. The fourth-order valence-corrected chi connectivity index (χ4v) is 1.34. The van der Waals surface area contributed by atoms with Gasteiger partial charge in [-0.15, -0.1) is 0 Å². The molecule has 0 aromatic heterocycles. The van der Waals surface area contributed by atoms with Gasteiger partial charge in [-0.05, 0) is 31.8 Å². The highest BCUT2D eigenvalue weighted by molar-refractivity contribution is 4.91. The third-order valence-electron chi connectivity index (χ3n) is 2.23. The van der Waals surface area contributed by atoms with Crippen LogP contribution >= 0.6 is 0 Å². The topological polar surface area (TPSA) is 38.0 Å². The molecule has 2 heteroatoms. The molecule has 3 N–H and O–H groups in total. The predicted molar refractivity (Wildman–Crippen MR) is 43.9 cm³/mol. The van der Waals surface area contributed by atoms with Crippen molar-refractivity contribution in [3.63, 3.8) is 0 Å². The molecule has 2 nitrogen and oxygen atoms in total. The maximum absolute atomic E-state index is 5.36. The molecule has 0 aliphatic heterocycles. The van der Waals surface area contributed by atoms with E-state index in [1.165, 1.54) is 12.8 Å². The normalized spacial score (nSPS) is 30.6. The summed E-state index contributed by atoms with van der Waals surface area (Å²) in [7, 11) is 0. The number of hydrogen-bond donors (Lipinski definition) is 2. The zero-order valence-corrected chi connectivity index (χ0v) is 6.77. The van der Waals surface area contributed by atoms with Crippen molar-refractivity contribution in [1.82, 2.24) is 5.32 Å². The van der Waals surface area contributed by atoms with Crippen LogP contribution < -0.4 is 11.1 Å². The van der Waals surface area contributed by atoms with Gasteiger partial charge in [0.25, 0.3) is 0 Å². The van der Waals surface area contributed by atoms with E-state index in [0.29, 0.717) is 0 Å². The van der Waals surface area contributed by atoms with Crippen LogP contribution in [0.5, 0.6) is 0 Å². The zero-order chi connectivity index (χ0) is 7.40. The van der Waals surface area contributed by atoms with Crippen LogP contribution in [0, 0.1) is 5.92 Å². The Morgan fingerprint density at radius 2 is 2.40 bits per heavy atom. The van der Waals surface area contributed by atoms with Crippen LogP contribution in [-0.4, -0.2) is 19.1 Å². The second kappa shape index (κ2) is 3.94. The van der Waals surface area contributed by atoms with Crippen LogP contribution in [0.4, 0.5) is 0 Å². The number of rotatable bonds is 5. The highest BCUT2D eigenvalue weighted by atomic mass is 15.0. The van der Waals surface area contributed by atoms with E-state index < -0.39 is 0 Å². The molecule has 0 bridgehead atoms. The first-order valence-electron chi connectivity index (χ1n) is 4.32. The van der Waals surface area contributed by atoms with Crippen molar-refractivity contribution < 1.29 is 0 Å². The van der Waals surface area contributed by atoms with Gasteiger partial charge in [0.15, 0.2) is 0 Å². The molecule has 10 heavy (non-hydrogen) atoms. The maximum Gasteiger partial charge on any atom is 0.00990 e. The van der Waals surface area contributed by atoms with Crippen molar-refractivity contribution in [1.29, 1.82) is 0 Å². The van der Waals surface area contributed by atoms with Gasteiger partial charge < -0.3 is 11.1 Å². The highest BCUT2D eigenvalue weighted by Gasteiger charge is 2.33. The van der Waals surface area contributed by atoms with Crippen LogP contribution in [0.2, 0.25) is 0 Å². The van der Waals surface area contributed by atoms with E-state index >= 15 is 0 Å². The van der Waals surface area contributed by atoms with Crippen molar-refractivity contribution >= 4 is 0 Å². The van der Waals surface area contributed by atoms with Crippen molar-refractivity contribution in [2.45, 2.75) is 32.2 Å². The molecule has 1 saturated carbocycles. The average molecular weight is 142 g/mol. The molecule has 1 aliphatic carbocycles. The van der Waals surface area contributed by atoms with Crippen LogP contribution in [0.1, 0.15) is 26.2 Å². The summed E-state index contributed by atoms with van der Waals surface area (Å²) in [5.41, 5.74) is 5.36. The summed E-state index contributed by atoms with van der Waals surface area (Å²) in [6, 6.07) is 0.830. The largest absolute Gasteiger partial charge is 0.330 e. The molecular weight excluding hydrogens is 124 g/mol. The fourth-order valence-electron chi connectivity index (χ4n) is 1.34. The molecule has 0 amide bonds. The van der Waals surface area contributed by atoms with Crippen LogP contribution in [-0.2, 0) is 0 Å². The summed E-state index contributed by atoms with van der Waals surface area (Å²) < 4.78 is 0. The van der Waals surface area contributed by atoms with Crippen LogP contribution in [0.25, 0.3) is 0 Å². The summed E-state index contributed by atoms with van der Waals surface area (Å²) in [4.78, 5) is 0. The first-order chi connectivity index (χ1) is 4.88. The van der Waals surface area contributed by atoms with Crippen LogP contribution in [0.15, 0.2) is 0 Å². The fraction of sp³-hybridized carbons (Fsp3) is 1.00. The lowest BCUT2D eigenvalue weighted by atomic mass is 10.3. The van der Waals surface area contributed by atoms with Gasteiger partial charge >= 0.3 is 0 Å². The van der Waals surface area contributed by atoms with Gasteiger partial charge in [0.2, 0.25) is 0 Å². The van der Waals surface area contributed by atoms with Gasteiger partial charge in [0, 0.05) is 6.04 Å². The lowest BCUT2D eigenvalue weighted by molar-refractivity contribution is 0.605. The van der Waals surface area contributed by atoms with Gasteiger partial charge in [-0.25, -0.2) is 0 Å². The Balaban J connectivity index is 1.87. The summed E-state index contributed by atoms with van der Waals surface area (Å²) >= 11 is 0. The van der Waals surface area contributed by atoms with E-state index in [2.05, 4.69) is 12.2 Å². The second-order valence-electron chi connectivity index (χ2n) is 3.11. The van der Waals surface area contributed by atoms with Gasteiger partial charge in [-0.1, -0.05) is 13.3 Å². The van der Waals surface area contributed by atoms with Crippen molar-refractivity contribution in [3.8, 4) is 0 Å². The molecule has 1 rings (SSSR count). The van der Waals surface area contributed by atoms with Crippen molar-refractivity contribution in [2.24, 2.45) is 11.7 Å². The van der Waals surface area contributed by atoms with Gasteiger partial charge in [-0.2, -0.15) is 0 Å². The Labute approximate surface area is 63.2 Å². The first kappa shape index (κ1) is 8.02. The summed E-state index contributed by atoms with van der Waals surface area (Å²) in [6.07, 6.45) is 3.84. The summed E-state index contributed by atoms with van der Waals surface area (Å²) in [5, 5.41) is 3.48. The predicted octanol–water partition coefficient (Wildman–Crippen LogP) is 0.723. The van der Waals surface area contributed by atoms with E-state index in [9.17, 15) is 0 Å². The Bertz CT molecular complexity index is 93.3. The molecule has 0 heterocycles. The van der Waals surface area contributed by atoms with E-state index in [1.54, 1.807) is 0 Å². The zero-order valence-electron chi connectivity index (χ0n) is 6.77. The highest BCUT2D eigenvalue weighted by Crippen LogP contribution is 2.32. The molecule has 1 fully saturated rings. The molecule has 0 aromatic carbocycles. The van der Waals surface area contributed by atoms with Gasteiger partial charge in [-0.3, -0.25) is 0 Å². The molecule has 60 valence electrons. The molecule has 2 unspecified atom stereocenters. The molecule has 0 aromatic rings. The standard InChI is InChI=1S/C8H18N2/c1-2-7-6-8(7)10-5-3-4-9/h7-8,10H,2-6,9H2,1H3. The molecular formula is C8H18N2. The average Bonchev–Trinajstić information content (AvgIpc) is 2.68. The third-order valence-corrected chi connectivity index (χ3v) is 2.23. The minimum atomic E-state index is 0.816. The smallest absolute Gasteiger partial charge is 0.00990 e. The van der Waals surface area contributed by atoms with Crippen molar-refractivity contribution in [2.75, 3.05) is 13.1 Å². The van der Waals surface area contributed by atoms with Crippen LogP contribution in [0.3, 0.4) is 0 Å². The third kappa shape index (κ3) is 2.27. The molecule has 0 spiro atoms. The lowest BCUT2D eigenvalue weighted by Gasteiger charge is -2.00. The molecule has 1 aliphatic rings. The molecule has 0 radical (unpaired) electrons. The minimum absolute atomic E-state index is 0.816. The van der Waals surface area contributed by atoms with Gasteiger partial charge in [0.05, 0.1) is 0 Å². The Hall–Kier alpha value is -0.0800. The SMILES string of the molecule is CCC1CC1NCCCN. The lowest BCUT2D eigenvalue weighted by Crippen LogP contribution is -2.21. The molecule has 2 atom stereocenters. The van der Waals surface area contributed by atoms with Gasteiger partial charge in [0.1, 0.15) is 0 Å². The summed E-state index contributed by atoms with van der Waals surface area (Å²) in [6.45, 7) is 4.18. The first-order valence-corrected chi connectivity index (χ1v) is 4.32. The second-order valence-corrected chi connectivity index (χ2v) is 3.11. The Kier molecular flexibility index (Phi) is 3.16. The van der Waals surface area contributed by atoms with E-state index in [4.69, 9.17) is 5.73 Å². The number of nitrogens with two attached hydrogens (primary N) is 1. The van der Waals surface area contributed by atoms with E-state index in [0.717, 1.165) is 31.5 Å². The monoisotopic (exact) mass is 142 g/mol. The maximum atomic E-state index is 5.36. The van der Waals surface area contributed by atoms with Crippen molar-refractivity contribution in [3.05, 3.63) is 0 Å². The molecule has 0 saturated heterocycles. The minimum Gasteiger partial charge on any atom is -0.330 e. The number of nitrogens with one attached hydrogen (secondary N) is 1. The quantitative estimate of drug-likeness (QED) is 0.555. The van der Waals surface area contributed by atoms with E-state index in [-0.39, 0.29) is 0 Å².